The van der Waals surface area contributed by atoms with Crippen LogP contribution < -0.4 is 5.32 Å². The Bertz CT molecular complexity index is 533. The number of imidazole rings is 1. The summed E-state index contributed by atoms with van der Waals surface area (Å²) in [7, 11) is 0. The van der Waals surface area contributed by atoms with E-state index in [9.17, 15) is 0 Å². The molecular weight excluding hydrogens is 246 g/mol. The van der Waals surface area contributed by atoms with Gasteiger partial charge in [0.15, 0.2) is 0 Å². The number of nitrogens with one attached hydrogen (secondary N) is 1. The fourth-order valence-corrected chi connectivity index (χ4v) is 3.20. The minimum Gasteiger partial charge on any atom is -0.385 e. The van der Waals surface area contributed by atoms with Crippen LogP contribution in [0.2, 0.25) is 0 Å². The molecule has 0 spiro atoms. The molecule has 0 aliphatic heterocycles. The number of benzene rings is 1. The number of nitrogens with zero attached hydrogens (tertiary/aromatic N) is 2. The average Bonchev–Trinajstić information content (AvgIpc) is 3.00. The van der Waals surface area contributed by atoms with Gasteiger partial charge in [-0.15, -0.1) is 0 Å². The average molecular weight is 269 g/mol. The summed E-state index contributed by atoms with van der Waals surface area (Å²) < 4.78 is 2.04. The molecule has 1 aliphatic rings. The van der Waals surface area contributed by atoms with Gasteiger partial charge in [0.05, 0.1) is 6.33 Å². The lowest BCUT2D eigenvalue weighted by molar-refractivity contribution is 0.293. The van der Waals surface area contributed by atoms with Gasteiger partial charge in [-0.2, -0.15) is 0 Å². The molecular formula is C17H23N3. The molecule has 1 heterocycles. The fourth-order valence-electron chi connectivity index (χ4n) is 3.20. The summed E-state index contributed by atoms with van der Waals surface area (Å²) in [5, 5.41) is 3.60. The van der Waals surface area contributed by atoms with E-state index >= 15 is 0 Å². The summed E-state index contributed by atoms with van der Waals surface area (Å²) in [6, 6.07) is 8.54. The molecule has 0 amide bonds. The summed E-state index contributed by atoms with van der Waals surface area (Å²) in [6.07, 6.45) is 11.2. The minimum atomic E-state index is 0.829. The van der Waals surface area contributed by atoms with Gasteiger partial charge in [-0.1, -0.05) is 25.8 Å². The Hall–Kier alpha value is -1.77. The van der Waals surface area contributed by atoms with E-state index in [4.69, 9.17) is 0 Å². The van der Waals surface area contributed by atoms with Crippen molar-refractivity contribution in [3.05, 3.63) is 43.0 Å². The van der Waals surface area contributed by atoms with Crippen LogP contribution >= 0.6 is 0 Å². The maximum Gasteiger partial charge on any atom is 0.0991 e. The highest BCUT2D eigenvalue weighted by molar-refractivity contribution is 5.51. The first-order valence-electron chi connectivity index (χ1n) is 7.63. The number of aromatic nitrogens is 2. The zero-order valence-corrected chi connectivity index (χ0v) is 12.1. The SMILES string of the molecule is CC1CCCC(CNc2cccc(-n3ccnc3)c2)C1. The fraction of sp³-hybridized carbons (Fsp3) is 0.471. The van der Waals surface area contributed by atoms with E-state index in [0.717, 1.165) is 24.1 Å². The third-order valence-electron chi connectivity index (χ3n) is 4.29. The maximum atomic E-state index is 4.10. The molecule has 0 bridgehead atoms. The number of hydrogen-bond donors (Lipinski definition) is 1. The van der Waals surface area contributed by atoms with Gasteiger partial charge in [0.25, 0.3) is 0 Å². The van der Waals surface area contributed by atoms with Crippen molar-refractivity contribution in [3.63, 3.8) is 0 Å². The Morgan fingerprint density at radius 3 is 3.10 bits per heavy atom. The van der Waals surface area contributed by atoms with Gasteiger partial charge in [0.2, 0.25) is 0 Å². The van der Waals surface area contributed by atoms with Gasteiger partial charge in [-0.05, 0) is 42.9 Å². The number of hydrogen-bond acceptors (Lipinski definition) is 2. The highest BCUT2D eigenvalue weighted by Gasteiger charge is 2.18. The van der Waals surface area contributed by atoms with Crippen molar-refractivity contribution in [2.24, 2.45) is 11.8 Å². The predicted molar refractivity (Wildman–Crippen MR) is 83.2 cm³/mol. The standard InChI is InChI=1S/C17H23N3/c1-14-4-2-5-15(10-14)12-19-16-6-3-7-17(11-16)20-9-8-18-13-20/h3,6-9,11,13-15,19H,2,4-5,10,12H2,1H3. The zero-order chi connectivity index (χ0) is 13.8. The molecule has 2 atom stereocenters. The second kappa shape index (κ2) is 6.12. The Labute approximate surface area is 121 Å². The lowest BCUT2D eigenvalue weighted by atomic mass is 9.82. The van der Waals surface area contributed by atoms with Crippen LogP contribution in [0.15, 0.2) is 43.0 Å². The van der Waals surface area contributed by atoms with Gasteiger partial charge in [0, 0.05) is 30.3 Å². The first-order chi connectivity index (χ1) is 9.81. The van der Waals surface area contributed by atoms with Crippen molar-refractivity contribution in [3.8, 4) is 5.69 Å². The molecule has 3 nitrogen and oxygen atoms in total. The molecule has 1 aromatic carbocycles. The topological polar surface area (TPSA) is 29.9 Å². The third kappa shape index (κ3) is 3.21. The molecule has 20 heavy (non-hydrogen) atoms. The van der Waals surface area contributed by atoms with Crippen molar-refractivity contribution < 1.29 is 0 Å². The minimum absolute atomic E-state index is 0.829. The van der Waals surface area contributed by atoms with Crippen LogP contribution in [0.5, 0.6) is 0 Å². The van der Waals surface area contributed by atoms with Crippen LogP contribution in [0.1, 0.15) is 32.6 Å². The highest BCUT2D eigenvalue weighted by atomic mass is 15.0. The monoisotopic (exact) mass is 269 g/mol. The van der Waals surface area contributed by atoms with E-state index in [-0.39, 0.29) is 0 Å². The van der Waals surface area contributed by atoms with Gasteiger partial charge in [-0.25, -0.2) is 4.98 Å². The lowest BCUT2D eigenvalue weighted by Crippen LogP contribution is -2.21. The second-order valence-corrected chi connectivity index (χ2v) is 6.04. The molecule has 3 rings (SSSR count). The van der Waals surface area contributed by atoms with E-state index in [1.165, 1.54) is 31.4 Å². The van der Waals surface area contributed by atoms with Crippen molar-refractivity contribution in [2.45, 2.75) is 32.6 Å². The van der Waals surface area contributed by atoms with Gasteiger partial charge < -0.3 is 9.88 Å². The second-order valence-electron chi connectivity index (χ2n) is 6.04. The van der Waals surface area contributed by atoms with Gasteiger partial charge in [0.1, 0.15) is 0 Å². The molecule has 1 N–H and O–H groups in total. The molecule has 0 saturated heterocycles. The molecule has 1 saturated carbocycles. The maximum absolute atomic E-state index is 4.10. The van der Waals surface area contributed by atoms with Crippen molar-refractivity contribution in [2.75, 3.05) is 11.9 Å². The van der Waals surface area contributed by atoms with Crippen LogP contribution in [0.25, 0.3) is 5.69 Å². The smallest absolute Gasteiger partial charge is 0.0991 e. The first-order valence-corrected chi connectivity index (χ1v) is 7.63. The van der Waals surface area contributed by atoms with Crippen molar-refractivity contribution >= 4 is 5.69 Å². The van der Waals surface area contributed by atoms with Gasteiger partial charge >= 0.3 is 0 Å². The van der Waals surface area contributed by atoms with E-state index in [1.54, 1.807) is 0 Å². The summed E-state index contributed by atoms with van der Waals surface area (Å²) in [5.74, 6) is 1.73. The van der Waals surface area contributed by atoms with Crippen LogP contribution in [-0.2, 0) is 0 Å². The molecule has 3 heteroatoms. The number of anilines is 1. The number of rotatable bonds is 4. The van der Waals surface area contributed by atoms with Crippen LogP contribution in [-0.4, -0.2) is 16.1 Å². The highest BCUT2D eigenvalue weighted by Crippen LogP contribution is 2.28. The molecule has 2 unspecified atom stereocenters. The molecule has 0 radical (unpaired) electrons. The Balaban J connectivity index is 1.61. The summed E-state index contributed by atoms with van der Waals surface area (Å²) in [4.78, 5) is 4.10. The Morgan fingerprint density at radius 2 is 2.30 bits per heavy atom. The van der Waals surface area contributed by atoms with Crippen molar-refractivity contribution in [1.82, 2.24) is 9.55 Å². The molecule has 1 fully saturated rings. The third-order valence-corrected chi connectivity index (χ3v) is 4.29. The van der Waals surface area contributed by atoms with E-state index in [2.05, 4.69) is 41.5 Å². The summed E-state index contributed by atoms with van der Waals surface area (Å²) in [5.41, 5.74) is 2.36. The quantitative estimate of drug-likeness (QED) is 0.905. The first kappa shape index (κ1) is 13.2. The largest absolute Gasteiger partial charge is 0.385 e. The molecule has 1 aliphatic carbocycles. The van der Waals surface area contributed by atoms with E-state index < -0.39 is 0 Å². The van der Waals surface area contributed by atoms with E-state index in [0.29, 0.717) is 0 Å². The Kier molecular flexibility index (Phi) is 4.05. The van der Waals surface area contributed by atoms with Crippen LogP contribution in [0.4, 0.5) is 5.69 Å². The zero-order valence-electron chi connectivity index (χ0n) is 12.1. The normalized spacial score (nSPS) is 22.6. The van der Waals surface area contributed by atoms with Gasteiger partial charge in [-0.3, -0.25) is 0 Å². The lowest BCUT2D eigenvalue weighted by Gasteiger charge is -2.27. The summed E-state index contributed by atoms with van der Waals surface area (Å²) >= 11 is 0. The molecule has 106 valence electrons. The summed E-state index contributed by atoms with van der Waals surface area (Å²) in [6.45, 7) is 3.48. The van der Waals surface area contributed by atoms with Crippen LogP contribution in [0, 0.1) is 11.8 Å². The molecule has 1 aromatic heterocycles. The van der Waals surface area contributed by atoms with Crippen molar-refractivity contribution in [1.29, 1.82) is 0 Å². The van der Waals surface area contributed by atoms with Crippen LogP contribution in [0.3, 0.4) is 0 Å². The predicted octanol–water partition coefficient (Wildman–Crippen LogP) is 4.11. The Morgan fingerprint density at radius 1 is 1.35 bits per heavy atom. The van der Waals surface area contributed by atoms with E-state index in [1.807, 2.05) is 23.3 Å². The molecule has 2 aromatic rings.